The molecule has 1 heterocycles. The lowest BCUT2D eigenvalue weighted by atomic mass is 9.88. The summed E-state index contributed by atoms with van der Waals surface area (Å²) in [5.41, 5.74) is 3.01. The molecule has 2 nitrogen and oxygen atoms in total. The molecule has 0 fully saturated rings. The second-order valence-electron chi connectivity index (χ2n) is 5.73. The van der Waals surface area contributed by atoms with Crippen LogP contribution in [0.4, 0.5) is 4.39 Å². The van der Waals surface area contributed by atoms with Crippen LogP contribution in [0.5, 0.6) is 5.75 Å². The van der Waals surface area contributed by atoms with Crippen LogP contribution in [0, 0.1) is 18.7 Å². The van der Waals surface area contributed by atoms with Gasteiger partial charge in [-0.15, -0.1) is 0 Å². The van der Waals surface area contributed by atoms with Crippen LogP contribution in [0.2, 0.25) is 0 Å². The van der Waals surface area contributed by atoms with Crippen molar-refractivity contribution in [2.24, 2.45) is 5.92 Å². The third-order valence-corrected chi connectivity index (χ3v) is 4.19. The minimum Gasteiger partial charge on any atom is -0.493 e. The highest BCUT2D eigenvalue weighted by Gasteiger charge is 2.26. The van der Waals surface area contributed by atoms with Gasteiger partial charge in [0.2, 0.25) is 0 Å². The molecule has 0 aromatic heterocycles. The summed E-state index contributed by atoms with van der Waals surface area (Å²) in [7, 11) is 0. The van der Waals surface area contributed by atoms with E-state index in [1.807, 2.05) is 31.2 Å². The summed E-state index contributed by atoms with van der Waals surface area (Å²) in [6.07, 6.45) is 0.863. The number of ether oxygens (including phenoxy) is 1. The topological polar surface area (TPSA) is 29.5 Å². The fraction of sp³-hybridized carbons (Fsp3) is 0.333. The fourth-order valence-corrected chi connectivity index (χ4v) is 2.88. The molecule has 0 saturated carbocycles. The highest BCUT2D eigenvalue weighted by Crippen LogP contribution is 2.29. The number of para-hydroxylation sites is 1. The third kappa shape index (κ3) is 3.08. The number of fused-ring (bicyclic) bond motifs is 1. The normalized spacial score (nSPS) is 18.7. The monoisotopic (exact) mass is 286 g/mol. The summed E-state index contributed by atoms with van der Waals surface area (Å²) in [4.78, 5) is 0. The first-order valence-electron chi connectivity index (χ1n) is 7.27. The summed E-state index contributed by atoms with van der Waals surface area (Å²) in [6.45, 7) is 2.40. The number of benzene rings is 2. The van der Waals surface area contributed by atoms with Crippen LogP contribution < -0.4 is 4.74 Å². The number of hydrogen-bond donors (Lipinski definition) is 1. The van der Waals surface area contributed by atoms with E-state index in [-0.39, 0.29) is 11.7 Å². The molecule has 1 N–H and O–H groups in total. The molecule has 21 heavy (non-hydrogen) atoms. The molecule has 2 aromatic carbocycles. The fourth-order valence-electron chi connectivity index (χ4n) is 2.88. The van der Waals surface area contributed by atoms with Crippen molar-refractivity contribution < 1.29 is 14.2 Å². The highest BCUT2D eigenvalue weighted by molar-refractivity contribution is 5.35. The van der Waals surface area contributed by atoms with Crippen LogP contribution >= 0.6 is 0 Å². The Labute approximate surface area is 124 Å². The molecule has 2 aromatic rings. The van der Waals surface area contributed by atoms with E-state index in [1.54, 1.807) is 6.07 Å². The zero-order valence-corrected chi connectivity index (χ0v) is 12.1. The van der Waals surface area contributed by atoms with Gasteiger partial charge in [-0.25, -0.2) is 4.39 Å². The Kier molecular flexibility index (Phi) is 3.93. The molecule has 110 valence electrons. The molecule has 1 aliphatic heterocycles. The van der Waals surface area contributed by atoms with Crippen LogP contribution in [0.1, 0.15) is 16.7 Å². The van der Waals surface area contributed by atoms with E-state index in [0.717, 1.165) is 28.9 Å². The lowest BCUT2D eigenvalue weighted by Gasteiger charge is -2.29. The number of hydrogen-bond acceptors (Lipinski definition) is 2. The minimum absolute atomic E-state index is 0.0735. The summed E-state index contributed by atoms with van der Waals surface area (Å²) < 4.78 is 18.8. The van der Waals surface area contributed by atoms with Crippen LogP contribution in [0.25, 0.3) is 0 Å². The van der Waals surface area contributed by atoms with Gasteiger partial charge in [0.15, 0.2) is 0 Å². The average Bonchev–Trinajstić information content (AvgIpc) is 2.49. The van der Waals surface area contributed by atoms with Crippen molar-refractivity contribution in [3.05, 3.63) is 65.0 Å². The number of rotatable bonds is 3. The van der Waals surface area contributed by atoms with Gasteiger partial charge in [0, 0.05) is 5.92 Å². The van der Waals surface area contributed by atoms with E-state index in [2.05, 4.69) is 0 Å². The zero-order chi connectivity index (χ0) is 14.8. The molecular formula is C18H19FO2. The Morgan fingerprint density at radius 3 is 2.90 bits per heavy atom. The Hall–Kier alpha value is -1.87. The van der Waals surface area contributed by atoms with Crippen molar-refractivity contribution in [3.8, 4) is 5.75 Å². The number of halogens is 1. The maximum absolute atomic E-state index is 13.1. The van der Waals surface area contributed by atoms with E-state index in [9.17, 15) is 9.50 Å². The van der Waals surface area contributed by atoms with Crippen LogP contribution in [-0.2, 0) is 12.8 Å². The molecule has 0 bridgehead atoms. The van der Waals surface area contributed by atoms with Gasteiger partial charge in [-0.05, 0) is 54.7 Å². The molecule has 0 spiro atoms. The van der Waals surface area contributed by atoms with Crippen LogP contribution in [0.3, 0.4) is 0 Å². The van der Waals surface area contributed by atoms with E-state index >= 15 is 0 Å². The maximum Gasteiger partial charge on any atom is 0.123 e. The van der Waals surface area contributed by atoms with Crippen molar-refractivity contribution in [2.45, 2.75) is 25.9 Å². The first-order valence-corrected chi connectivity index (χ1v) is 7.27. The Morgan fingerprint density at radius 2 is 2.10 bits per heavy atom. The molecule has 2 atom stereocenters. The van der Waals surface area contributed by atoms with Crippen molar-refractivity contribution in [1.29, 1.82) is 0 Å². The quantitative estimate of drug-likeness (QED) is 0.938. The first kappa shape index (κ1) is 14.1. The molecule has 0 amide bonds. The smallest absolute Gasteiger partial charge is 0.123 e. The molecule has 2 unspecified atom stereocenters. The molecule has 0 aliphatic carbocycles. The van der Waals surface area contributed by atoms with E-state index in [4.69, 9.17) is 4.74 Å². The molecule has 0 saturated heterocycles. The predicted octanol–water partition coefficient (Wildman–Crippen LogP) is 3.29. The Bertz CT molecular complexity index is 639. The van der Waals surface area contributed by atoms with E-state index < -0.39 is 6.10 Å². The molecule has 3 heteroatoms. The SMILES string of the molecule is Cc1cc(F)ccc1CC(O)C1COc2ccccc2C1. The van der Waals surface area contributed by atoms with Gasteiger partial charge >= 0.3 is 0 Å². The van der Waals surface area contributed by atoms with Gasteiger partial charge < -0.3 is 9.84 Å². The lowest BCUT2D eigenvalue weighted by molar-refractivity contribution is 0.0651. The van der Waals surface area contributed by atoms with E-state index in [0.29, 0.717) is 13.0 Å². The predicted molar refractivity (Wildman–Crippen MR) is 80.0 cm³/mol. The van der Waals surface area contributed by atoms with Gasteiger partial charge in [-0.3, -0.25) is 0 Å². The molecular weight excluding hydrogens is 267 g/mol. The van der Waals surface area contributed by atoms with Crippen LogP contribution in [0.15, 0.2) is 42.5 Å². The van der Waals surface area contributed by atoms with Gasteiger partial charge in [0.05, 0.1) is 12.7 Å². The zero-order valence-electron chi connectivity index (χ0n) is 12.1. The number of aryl methyl sites for hydroxylation is 1. The molecule has 0 radical (unpaired) electrons. The van der Waals surface area contributed by atoms with Gasteiger partial charge in [-0.2, -0.15) is 0 Å². The summed E-state index contributed by atoms with van der Waals surface area (Å²) >= 11 is 0. The Morgan fingerprint density at radius 1 is 1.29 bits per heavy atom. The summed E-state index contributed by atoms with van der Waals surface area (Å²) in [6, 6.07) is 12.7. The minimum atomic E-state index is -0.484. The molecule has 3 rings (SSSR count). The van der Waals surface area contributed by atoms with Crippen LogP contribution in [-0.4, -0.2) is 17.8 Å². The number of aliphatic hydroxyl groups is 1. The molecule has 1 aliphatic rings. The van der Waals surface area contributed by atoms with Gasteiger partial charge in [0.1, 0.15) is 11.6 Å². The standard InChI is InChI=1S/C18H19FO2/c1-12-8-16(19)7-6-13(12)10-17(20)15-9-14-4-2-3-5-18(14)21-11-15/h2-8,15,17,20H,9-11H2,1H3. The van der Waals surface area contributed by atoms with Crippen molar-refractivity contribution in [2.75, 3.05) is 6.61 Å². The third-order valence-electron chi connectivity index (χ3n) is 4.19. The van der Waals surface area contributed by atoms with Crippen molar-refractivity contribution >= 4 is 0 Å². The Balaban J connectivity index is 1.70. The number of aliphatic hydroxyl groups excluding tert-OH is 1. The largest absolute Gasteiger partial charge is 0.493 e. The second kappa shape index (κ2) is 5.86. The average molecular weight is 286 g/mol. The van der Waals surface area contributed by atoms with E-state index in [1.165, 1.54) is 12.1 Å². The summed E-state index contributed by atoms with van der Waals surface area (Å²) in [5.74, 6) is 0.754. The van der Waals surface area contributed by atoms with Crippen molar-refractivity contribution in [3.63, 3.8) is 0 Å². The lowest BCUT2D eigenvalue weighted by Crippen LogP contribution is -2.33. The second-order valence-corrected chi connectivity index (χ2v) is 5.73. The maximum atomic E-state index is 13.1. The summed E-state index contributed by atoms with van der Waals surface area (Å²) in [5, 5.41) is 10.5. The first-order chi connectivity index (χ1) is 10.1. The highest BCUT2D eigenvalue weighted by atomic mass is 19.1. The van der Waals surface area contributed by atoms with Gasteiger partial charge in [-0.1, -0.05) is 24.3 Å². The van der Waals surface area contributed by atoms with Crippen molar-refractivity contribution in [1.82, 2.24) is 0 Å². The van der Waals surface area contributed by atoms with Gasteiger partial charge in [0.25, 0.3) is 0 Å².